The van der Waals surface area contributed by atoms with Crippen molar-refractivity contribution >= 4 is 0 Å². The van der Waals surface area contributed by atoms with Crippen LogP contribution in [0.2, 0.25) is 0 Å². The first-order chi connectivity index (χ1) is 9.72. The SMILES string of the molecule is COc1ccc(-c2nnc3n2CCC(CN)C3)cc1O. The van der Waals surface area contributed by atoms with Gasteiger partial charge in [-0.05, 0) is 37.1 Å². The molecule has 6 nitrogen and oxygen atoms in total. The Morgan fingerprint density at radius 3 is 3.00 bits per heavy atom. The quantitative estimate of drug-likeness (QED) is 0.877. The van der Waals surface area contributed by atoms with Crippen LogP contribution >= 0.6 is 0 Å². The fourth-order valence-electron chi connectivity index (χ4n) is 2.64. The maximum atomic E-state index is 9.88. The molecule has 6 heteroatoms. The Hall–Kier alpha value is -2.08. The number of hydrogen-bond donors (Lipinski definition) is 2. The van der Waals surface area contributed by atoms with Crippen LogP contribution in [0.1, 0.15) is 12.2 Å². The molecule has 2 heterocycles. The van der Waals surface area contributed by atoms with E-state index in [-0.39, 0.29) is 5.75 Å². The zero-order chi connectivity index (χ0) is 14.1. The number of nitrogens with zero attached hydrogens (tertiary/aromatic N) is 3. The highest BCUT2D eigenvalue weighted by atomic mass is 16.5. The minimum absolute atomic E-state index is 0.109. The highest BCUT2D eigenvalue weighted by molar-refractivity contribution is 5.61. The van der Waals surface area contributed by atoms with E-state index in [9.17, 15) is 5.11 Å². The van der Waals surface area contributed by atoms with Gasteiger partial charge in [0.05, 0.1) is 7.11 Å². The number of aromatic hydroxyl groups is 1. The molecule has 1 aromatic heterocycles. The number of nitrogens with two attached hydrogens (primary N) is 1. The lowest BCUT2D eigenvalue weighted by Crippen LogP contribution is -2.25. The van der Waals surface area contributed by atoms with Gasteiger partial charge in [-0.3, -0.25) is 0 Å². The summed E-state index contributed by atoms with van der Waals surface area (Å²) in [5.41, 5.74) is 6.57. The van der Waals surface area contributed by atoms with Crippen LogP contribution in [0.5, 0.6) is 11.5 Å². The number of methoxy groups -OCH3 is 1. The number of benzene rings is 1. The Morgan fingerprint density at radius 1 is 1.45 bits per heavy atom. The Morgan fingerprint density at radius 2 is 2.30 bits per heavy atom. The molecule has 1 aromatic carbocycles. The van der Waals surface area contributed by atoms with Crippen molar-refractivity contribution in [3.8, 4) is 22.9 Å². The number of hydrogen-bond acceptors (Lipinski definition) is 5. The van der Waals surface area contributed by atoms with E-state index < -0.39 is 0 Å². The average molecular weight is 274 g/mol. The van der Waals surface area contributed by atoms with Crippen LogP contribution in [0.25, 0.3) is 11.4 Å². The van der Waals surface area contributed by atoms with E-state index >= 15 is 0 Å². The fourth-order valence-corrected chi connectivity index (χ4v) is 2.64. The van der Waals surface area contributed by atoms with Crippen molar-refractivity contribution in [2.45, 2.75) is 19.4 Å². The lowest BCUT2D eigenvalue weighted by Gasteiger charge is -2.22. The van der Waals surface area contributed by atoms with Gasteiger partial charge in [-0.25, -0.2) is 0 Å². The first-order valence-electron chi connectivity index (χ1n) is 6.72. The van der Waals surface area contributed by atoms with Crippen molar-refractivity contribution in [2.24, 2.45) is 11.7 Å². The van der Waals surface area contributed by atoms with Crippen LogP contribution in [0.15, 0.2) is 18.2 Å². The zero-order valence-electron chi connectivity index (χ0n) is 11.4. The third kappa shape index (κ3) is 2.12. The van der Waals surface area contributed by atoms with E-state index in [1.807, 2.05) is 6.07 Å². The summed E-state index contributed by atoms with van der Waals surface area (Å²) in [5, 5.41) is 18.4. The summed E-state index contributed by atoms with van der Waals surface area (Å²) in [6.45, 7) is 1.55. The number of aromatic nitrogens is 3. The molecule has 1 aliphatic rings. The molecule has 0 bridgehead atoms. The summed E-state index contributed by atoms with van der Waals surface area (Å²) < 4.78 is 7.16. The van der Waals surface area contributed by atoms with Crippen molar-refractivity contribution < 1.29 is 9.84 Å². The largest absolute Gasteiger partial charge is 0.504 e. The van der Waals surface area contributed by atoms with Crippen molar-refractivity contribution in [3.05, 3.63) is 24.0 Å². The first-order valence-corrected chi connectivity index (χ1v) is 6.72. The summed E-state index contributed by atoms with van der Waals surface area (Å²) in [5.74, 6) is 2.81. The van der Waals surface area contributed by atoms with Crippen molar-refractivity contribution in [3.63, 3.8) is 0 Å². The second-order valence-corrected chi connectivity index (χ2v) is 5.07. The molecule has 0 fully saturated rings. The van der Waals surface area contributed by atoms with E-state index in [0.717, 1.165) is 36.6 Å². The highest BCUT2D eigenvalue weighted by Gasteiger charge is 2.23. The van der Waals surface area contributed by atoms with Gasteiger partial charge < -0.3 is 20.1 Å². The standard InChI is InChI=1S/C14H18N4O2/c1-20-12-3-2-10(7-11(12)19)14-17-16-13-6-9(8-15)4-5-18(13)14/h2-3,7,9,19H,4-6,8,15H2,1H3. The van der Waals surface area contributed by atoms with Crippen molar-refractivity contribution in [1.29, 1.82) is 0 Å². The Balaban J connectivity index is 1.96. The molecule has 0 spiro atoms. The predicted octanol–water partition coefficient (Wildman–Crippen LogP) is 1.18. The Labute approximate surface area is 117 Å². The number of phenolic OH excluding ortho intramolecular Hbond substituents is 1. The summed E-state index contributed by atoms with van der Waals surface area (Å²) in [6.07, 6.45) is 1.91. The van der Waals surface area contributed by atoms with E-state index in [0.29, 0.717) is 18.2 Å². The van der Waals surface area contributed by atoms with Gasteiger partial charge >= 0.3 is 0 Å². The molecular formula is C14H18N4O2. The second kappa shape index (κ2) is 5.13. The van der Waals surface area contributed by atoms with Gasteiger partial charge in [0, 0.05) is 18.5 Å². The minimum Gasteiger partial charge on any atom is -0.504 e. The maximum Gasteiger partial charge on any atom is 0.164 e. The van der Waals surface area contributed by atoms with E-state index in [4.69, 9.17) is 10.5 Å². The molecule has 0 amide bonds. The molecule has 1 atom stereocenters. The monoisotopic (exact) mass is 274 g/mol. The predicted molar refractivity (Wildman–Crippen MR) is 74.5 cm³/mol. The van der Waals surface area contributed by atoms with Gasteiger partial charge in [0.1, 0.15) is 5.82 Å². The summed E-state index contributed by atoms with van der Waals surface area (Å²) in [4.78, 5) is 0. The van der Waals surface area contributed by atoms with Crippen LogP contribution in [-0.4, -0.2) is 33.5 Å². The fraction of sp³-hybridized carbons (Fsp3) is 0.429. The number of rotatable bonds is 3. The van der Waals surface area contributed by atoms with Gasteiger partial charge in [-0.2, -0.15) is 0 Å². The summed E-state index contributed by atoms with van der Waals surface area (Å²) in [7, 11) is 1.53. The third-order valence-corrected chi connectivity index (χ3v) is 3.83. The molecule has 20 heavy (non-hydrogen) atoms. The molecule has 0 saturated carbocycles. The zero-order valence-corrected chi connectivity index (χ0v) is 11.4. The molecule has 1 aliphatic heterocycles. The molecular weight excluding hydrogens is 256 g/mol. The molecule has 106 valence electrons. The van der Waals surface area contributed by atoms with Gasteiger partial charge in [0.25, 0.3) is 0 Å². The molecule has 2 aromatic rings. The normalized spacial score (nSPS) is 17.8. The van der Waals surface area contributed by atoms with Gasteiger partial charge in [0.2, 0.25) is 0 Å². The van der Waals surface area contributed by atoms with Crippen molar-refractivity contribution in [1.82, 2.24) is 14.8 Å². The van der Waals surface area contributed by atoms with Crippen LogP contribution < -0.4 is 10.5 Å². The first kappa shape index (κ1) is 12.9. The van der Waals surface area contributed by atoms with Gasteiger partial charge in [-0.1, -0.05) is 0 Å². The molecule has 0 aliphatic carbocycles. The third-order valence-electron chi connectivity index (χ3n) is 3.83. The van der Waals surface area contributed by atoms with Gasteiger partial charge in [0.15, 0.2) is 17.3 Å². The summed E-state index contributed by atoms with van der Waals surface area (Å²) in [6, 6.07) is 5.27. The second-order valence-electron chi connectivity index (χ2n) is 5.07. The van der Waals surface area contributed by atoms with E-state index in [1.54, 1.807) is 12.1 Å². The molecule has 1 unspecified atom stereocenters. The Bertz CT molecular complexity index is 624. The minimum atomic E-state index is 0.109. The van der Waals surface area contributed by atoms with E-state index in [2.05, 4.69) is 14.8 Å². The van der Waals surface area contributed by atoms with Crippen LogP contribution in [-0.2, 0) is 13.0 Å². The number of fused-ring (bicyclic) bond motifs is 1. The highest BCUT2D eigenvalue weighted by Crippen LogP contribution is 2.32. The topological polar surface area (TPSA) is 86.2 Å². The van der Waals surface area contributed by atoms with Crippen molar-refractivity contribution in [2.75, 3.05) is 13.7 Å². The smallest absolute Gasteiger partial charge is 0.164 e. The molecule has 0 saturated heterocycles. The number of ether oxygens (including phenoxy) is 1. The van der Waals surface area contributed by atoms with Crippen LogP contribution in [0, 0.1) is 5.92 Å². The molecule has 3 rings (SSSR count). The lowest BCUT2D eigenvalue weighted by molar-refractivity contribution is 0.373. The maximum absolute atomic E-state index is 9.88. The average Bonchev–Trinajstić information content (AvgIpc) is 2.90. The van der Waals surface area contributed by atoms with Crippen LogP contribution in [0.3, 0.4) is 0 Å². The summed E-state index contributed by atoms with van der Waals surface area (Å²) >= 11 is 0. The molecule has 3 N–H and O–H groups in total. The molecule has 0 radical (unpaired) electrons. The van der Waals surface area contributed by atoms with Gasteiger partial charge in [-0.15, -0.1) is 10.2 Å². The van der Waals surface area contributed by atoms with E-state index in [1.165, 1.54) is 7.11 Å². The number of phenols is 1. The lowest BCUT2D eigenvalue weighted by atomic mass is 9.98. The Kier molecular flexibility index (Phi) is 3.31. The van der Waals surface area contributed by atoms with Crippen LogP contribution in [0.4, 0.5) is 0 Å².